The molecule has 5 nitrogen and oxygen atoms in total. The summed E-state index contributed by atoms with van der Waals surface area (Å²) in [6.45, 7) is -0.242. The van der Waals surface area contributed by atoms with Gasteiger partial charge in [-0.25, -0.2) is 0 Å². The predicted octanol–water partition coefficient (Wildman–Crippen LogP) is 4.56. The van der Waals surface area contributed by atoms with E-state index in [0.29, 0.717) is 17.7 Å². The van der Waals surface area contributed by atoms with Gasteiger partial charge in [0.2, 0.25) is 0 Å². The van der Waals surface area contributed by atoms with Crippen molar-refractivity contribution < 1.29 is 36.1 Å². The first-order valence-electron chi connectivity index (χ1n) is 7.19. The van der Waals surface area contributed by atoms with Gasteiger partial charge in [-0.15, -0.1) is 0 Å². The molecule has 2 rings (SSSR count). The van der Waals surface area contributed by atoms with Crippen LogP contribution in [-0.4, -0.2) is 10.8 Å². The molecule has 0 spiro atoms. The molecule has 1 amide bonds. The average molecular weight is 392 g/mol. The van der Waals surface area contributed by atoms with Crippen molar-refractivity contribution in [2.75, 3.05) is 0 Å². The maximum Gasteiger partial charge on any atom is 0.416 e. The molecule has 0 saturated heterocycles. The highest BCUT2D eigenvalue weighted by Crippen LogP contribution is 2.36. The number of hydrogen-bond donors (Lipinski definition) is 1. The number of nitrogens with zero attached hydrogens (tertiary/aromatic N) is 1. The molecule has 0 aliphatic rings. The molecule has 2 aromatic carbocycles. The summed E-state index contributed by atoms with van der Waals surface area (Å²) >= 11 is 0. The van der Waals surface area contributed by atoms with E-state index in [0.717, 1.165) is 12.1 Å². The van der Waals surface area contributed by atoms with E-state index in [-0.39, 0.29) is 18.3 Å². The standard InChI is InChI=1S/C16H10F6N2O3/c17-15(18,19)11-5-10(6-12(7-11)16(20,21)22)14(25)23-8-9-1-3-13(4-2-9)24(26)27/h1-7H,8H2,(H,23,25). The molecule has 2 aromatic rings. The van der Waals surface area contributed by atoms with Gasteiger partial charge < -0.3 is 5.32 Å². The van der Waals surface area contributed by atoms with Crippen molar-refractivity contribution in [2.24, 2.45) is 0 Å². The monoisotopic (exact) mass is 392 g/mol. The van der Waals surface area contributed by atoms with E-state index >= 15 is 0 Å². The fourth-order valence-electron chi connectivity index (χ4n) is 2.11. The van der Waals surface area contributed by atoms with Crippen molar-refractivity contribution >= 4 is 11.6 Å². The van der Waals surface area contributed by atoms with E-state index in [2.05, 4.69) is 5.32 Å². The molecule has 0 heterocycles. The lowest BCUT2D eigenvalue weighted by molar-refractivity contribution is -0.384. The first-order valence-corrected chi connectivity index (χ1v) is 7.19. The van der Waals surface area contributed by atoms with Gasteiger partial charge in [0.1, 0.15) is 0 Å². The number of non-ortho nitro benzene ring substituents is 1. The highest BCUT2D eigenvalue weighted by molar-refractivity contribution is 5.94. The van der Waals surface area contributed by atoms with E-state index in [9.17, 15) is 41.3 Å². The van der Waals surface area contributed by atoms with Gasteiger partial charge in [0.05, 0.1) is 16.1 Å². The minimum atomic E-state index is -5.06. The summed E-state index contributed by atoms with van der Waals surface area (Å²) in [5.41, 5.74) is -3.84. The second-order valence-corrected chi connectivity index (χ2v) is 5.40. The van der Waals surface area contributed by atoms with Crippen LogP contribution in [0.25, 0.3) is 0 Å². The number of halogens is 6. The Kier molecular flexibility index (Phi) is 5.43. The molecule has 0 atom stereocenters. The van der Waals surface area contributed by atoms with Crippen molar-refractivity contribution in [1.29, 1.82) is 0 Å². The highest BCUT2D eigenvalue weighted by atomic mass is 19.4. The number of hydrogen-bond acceptors (Lipinski definition) is 3. The summed E-state index contributed by atoms with van der Waals surface area (Å²) in [4.78, 5) is 21.9. The Labute approximate surface area is 147 Å². The number of carbonyl (C=O) groups excluding carboxylic acids is 1. The van der Waals surface area contributed by atoms with Gasteiger partial charge >= 0.3 is 12.4 Å². The smallest absolute Gasteiger partial charge is 0.348 e. The second kappa shape index (κ2) is 7.25. The van der Waals surface area contributed by atoms with E-state index in [4.69, 9.17) is 0 Å². The van der Waals surface area contributed by atoms with Crippen LogP contribution in [0.4, 0.5) is 32.0 Å². The summed E-state index contributed by atoms with van der Waals surface area (Å²) in [7, 11) is 0. The minimum absolute atomic E-state index is 0.0763. The van der Waals surface area contributed by atoms with Crippen LogP contribution in [-0.2, 0) is 18.9 Å². The number of benzene rings is 2. The lowest BCUT2D eigenvalue weighted by atomic mass is 10.0. The van der Waals surface area contributed by atoms with E-state index < -0.39 is 39.9 Å². The Morgan fingerprint density at radius 1 is 0.926 bits per heavy atom. The number of nitrogens with one attached hydrogen (secondary N) is 1. The van der Waals surface area contributed by atoms with Gasteiger partial charge in [-0.05, 0) is 23.8 Å². The lowest BCUT2D eigenvalue weighted by Crippen LogP contribution is -2.24. The molecular formula is C16H10F6N2O3. The van der Waals surface area contributed by atoms with Crippen LogP contribution in [0.3, 0.4) is 0 Å². The fourth-order valence-corrected chi connectivity index (χ4v) is 2.11. The molecule has 0 aliphatic heterocycles. The van der Waals surface area contributed by atoms with E-state index in [1.54, 1.807) is 0 Å². The zero-order valence-electron chi connectivity index (χ0n) is 13.2. The van der Waals surface area contributed by atoms with Gasteiger partial charge in [0, 0.05) is 24.2 Å². The Bertz CT molecular complexity index is 828. The van der Waals surface area contributed by atoms with Crippen molar-refractivity contribution in [2.45, 2.75) is 18.9 Å². The molecule has 0 radical (unpaired) electrons. The summed E-state index contributed by atoms with van der Waals surface area (Å²) in [5.74, 6) is -1.15. The highest BCUT2D eigenvalue weighted by Gasteiger charge is 2.37. The third-order valence-electron chi connectivity index (χ3n) is 3.45. The summed E-state index contributed by atoms with van der Waals surface area (Å²) < 4.78 is 76.8. The van der Waals surface area contributed by atoms with Crippen LogP contribution in [0.15, 0.2) is 42.5 Å². The molecule has 0 unspecified atom stereocenters. The second-order valence-electron chi connectivity index (χ2n) is 5.40. The number of alkyl halides is 6. The van der Waals surface area contributed by atoms with Crippen LogP contribution in [0.5, 0.6) is 0 Å². The Balaban J connectivity index is 2.23. The fraction of sp³-hybridized carbons (Fsp3) is 0.188. The van der Waals surface area contributed by atoms with Crippen molar-refractivity contribution in [3.63, 3.8) is 0 Å². The van der Waals surface area contributed by atoms with Crippen molar-refractivity contribution in [3.05, 3.63) is 74.8 Å². The maximum absolute atomic E-state index is 12.8. The quantitative estimate of drug-likeness (QED) is 0.471. The number of nitro groups is 1. The van der Waals surface area contributed by atoms with Gasteiger partial charge in [-0.3, -0.25) is 14.9 Å². The SMILES string of the molecule is O=C(NCc1ccc([N+](=O)[O-])cc1)c1cc(C(F)(F)F)cc(C(F)(F)F)c1. The number of carbonyl (C=O) groups is 1. The number of rotatable bonds is 4. The summed E-state index contributed by atoms with van der Waals surface area (Å²) in [6, 6.07) is 5.45. The Hall–Kier alpha value is -3.11. The Morgan fingerprint density at radius 2 is 1.41 bits per heavy atom. The van der Waals surface area contributed by atoms with Gasteiger partial charge in [-0.1, -0.05) is 12.1 Å². The van der Waals surface area contributed by atoms with Crippen molar-refractivity contribution in [1.82, 2.24) is 5.32 Å². The number of nitro benzene ring substituents is 1. The molecule has 0 aliphatic carbocycles. The number of amides is 1. The minimum Gasteiger partial charge on any atom is -0.348 e. The predicted molar refractivity (Wildman–Crippen MR) is 80.7 cm³/mol. The van der Waals surface area contributed by atoms with Gasteiger partial charge in [-0.2, -0.15) is 26.3 Å². The normalized spacial score (nSPS) is 11.9. The van der Waals surface area contributed by atoms with Crippen LogP contribution in [0, 0.1) is 10.1 Å². The van der Waals surface area contributed by atoms with E-state index in [1.807, 2.05) is 0 Å². The molecule has 11 heteroatoms. The molecular weight excluding hydrogens is 382 g/mol. The van der Waals surface area contributed by atoms with Gasteiger partial charge in [0.25, 0.3) is 11.6 Å². The average Bonchev–Trinajstić information content (AvgIpc) is 2.58. The first kappa shape index (κ1) is 20.2. The third kappa shape index (κ3) is 5.19. The third-order valence-corrected chi connectivity index (χ3v) is 3.45. The summed E-state index contributed by atoms with van der Waals surface area (Å²) in [6.07, 6.45) is -10.1. The zero-order chi connectivity index (χ0) is 20.4. The molecule has 0 fully saturated rings. The molecule has 144 valence electrons. The zero-order valence-corrected chi connectivity index (χ0v) is 13.2. The van der Waals surface area contributed by atoms with Gasteiger partial charge in [0.15, 0.2) is 0 Å². The molecule has 27 heavy (non-hydrogen) atoms. The Morgan fingerprint density at radius 3 is 1.81 bits per heavy atom. The van der Waals surface area contributed by atoms with Crippen LogP contribution < -0.4 is 5.32 Å². The largest absolute Gasteiger partial charge is 0.416 e. The molecule has 0 aromatic heterocycles. The van der Waals surface area contributed by atoms with Crippen molar-refractivity contribution in [3.8, 4) is 0 Å². The van der Waals surface area contributed by atoms with Crippen LogP contribution in [0.1, 0.15) is 27.0 Å². The molecule has 1 N–H and O–H groups in total. The molecule has 0 saturated carbocycles. The van der Waals surface area contributed by atoms with Crippen LogP contribution in [0.2, 0.25) is 0 Å². The summed E-state index contributed by atoms with van der Waals surface area (Å²) in [5, 5.41) is 12.7. The van der Waals surface area contributed by atoms with E-state index in [1.165, 1.54) is 12.1 Å². The lowest BCUT2D eigenvalue weighted by Gasteiger charge is -2.14. The van der Waals surface area contributed by atoms with Crippen LogP contribution >= 0.6 is 0 Å². The first-order chi connectivity index (χ1) is 12.4. The topological polar surface area (TPSA) is 72.2 Å². The molecule has 0 bridgehead atoms. The maximum atomic E-state index is 12.8.